The van der Waals surface area contributed by atoms with Gasteiger partial charge in [-0.1, -0.05) is 41.9 Å². The lowest BCUT2D eigenvalue weighted by molar-refractivity contribution is -0.104. The summed E-state index contributed by atoms with van der Waals surface area (Å²) in [6.45, 7) is 0.526. The Labute approximate surface area is 117 Å². The highest BCUT2D eigenvalue weighted by Crippen LogP contribution is 2.21. The van der Waals surface area contributed by atoms with E-state index in [0.717, 1.165) is 16.9 Å². The number of allylic oxidation sites excluding steroid dienone is 1. The Kier molecular flexibility index (Phi) is 4.76. The van der Waals surface area contributed by atoms with Gasteiger partial charge in [0.1, 0.15) is 18.6 Å². The maximum absolute atomic E-state index is 10.3. The molecule has 0 bridgehead atoms. The Morgan fingerprint density at radius 3 is 2.37 bits per heavy atom. The van der Waals surface area contributed by atoms with Crippen molar-refractivity contribution in [2.24, 2.45) is 0 Å². The maximum Gasteiger partial charge on any atom is 0.144 e. The molecule has 0 amide bonds. The number of carbonyl (C=O) groups excluding carboxylic acids is 1. The number of halogens is 1. The topological polar surface area (TPSA) is 26.3 Å². The Balaban J connectivity index is 1.99. The predicted molar refractivity (Wildman–Crippen MR) is 77.1 cm³/mol. The van der Waals surface area contributed by atoms with Crippen LogP contribution in [-0.2, 0) is 11.4 Å². The zero-order valence-corrected chi connectivity index (χ0v) is 11.0. The zero-order chi connectivity index (χ0) is 13.5. The first-order valence-electron chi connectivity index (χ1n) is 5.88. The van der Waals surface area contributed by atoms with Crippen LogP contribution in [0, 0.1) is 0 Å². The molecule has 2 aromatic rings. The van der Waals surface area contributed by atoms with Gasteiger partial charge in [-0.15, -0.1) is 0 Å². The van der Waals surface area contributed by atoms with E-state index >= 15 is 0 Å². The van der Waals surface area contributed by atoms with Gasteiger partial charge in [-0.3, -0.25) is 4.79 Å². The molecule has 0 saturated carbocycles. The number of aldehydes is 1. The molecule has 0 saturated heterocycles. The summed E-state index contributed by atoms with van der Waals surface area (Å²) in [5.41, 5.74) is 1.91. The Morgan fingerprint density at radius 2 is 1.74 bits per heavy atom. The molecular weight excluding hydrogens is 260 g/mol. The molecule has 0 atom stereocenters. The van der Waals surface area contributed by atoms with E-state index in [9.17, 15) is 4.79 Å². The molecule has 0 aromatic heterocycles. The van der Waals surface area contributed by atoms with Gasteiger partial charge in [-0.05, 0) is 41.5 Å². The SMILES string of the molecule is O=CC=C(Cl)c1ccc(OCc2ccccc2)cc1. The monoisotopic (exact) mass is 272 g/mol. The third-order valence-corrected chi connectivity index (χ3v) is 2.94. The molecule has 0 radical (unpaired) electrons. The van der Waals surface area contributed by atoms with E-state index in [-0.39, 0.29) is 0 Å². The third-order valence-electron chi connectivity index (χ3n) is 2.59. The summed E-state index contributed by atoms with van der Waals surface area (Å²) in [5, 5.41) is 0.421. The summed E-state index contributed by atoms with van der Waals surface area (Å²) in [6.07, 6.45) is 1.99. The van der Waals surface area contributed by atoms with Crippen LogP contribution in [0.25, 0.3) is 5.03 Å². The molecule has 96 valence electrons. The van der Waals surface area contributed by atoms with Crippen molar-refractivity contribution >= 4 is 22.9 Å². The molecule has 2 rings (SSSR count). The maximum atomic E-state index is 10.3. The lowest BCUT2D eigenvalue weighted by atomic mass is 10.2. The summed E-state index contributed by atoms with van der Waals surface area (Å²) in [4.78, 5) is 10.3. The van der Waals surface area contributed by atoms with Crippen molar-refractivity contribution in [3.05, 3.63) is 71.8 Å². The average Bonchev–Trinajstić information content (AvgIpc) is 2.47. The van der Waals surface area contributed by atoms with Crippen molar-refractivity contribution in [1.29, 1.82) is 0 Å². The van der Waals surface area contributed by atoms with E-state index in [1.54, 1.807) is 0 Å². The van der Waals surface area contributed by atoms with Gasteiger partial charge in [-0.25, -0.2) is 0 Å². The lowest BCUT2D eigenvalue weighted by Gasteiger charge is -2.07. The minimum absolute atomic E-state index is 0.421. The molecule has 0 heterocycles. The second-order valence-electron chi connectivity index (χ2n) is 3.95. The molecule has 0 N–H and O–H groups in total. The minimum atomic E-state index is 0.421. The first-order chi connectivity index (χ1) is 9.29. The van der Waals surface area contributed by atoms with Crippen LogP contribution < -0.4 is 4.74 Å². The molecule has 0 unspecified atom stereocenters. The van der Waals surface area contributed by atoms with Crippen LogP contribution in [0.5, 0.6) is 5.75 Å². The number of carbonyl (C=O) groups is 1. The molecule has 0 aliphatic rings. The van der Waals surface area contributed by atoms with Gasteiger partial charge in [-0.2, -0.15) is 0 Å². The van der Waals surface area contributed by atoms with Crippen LogP contribution in [-0.4, -0.2) is 6.29 Å². The molecule has 3 heteroatoms. The Morgan fingerprint density at radius 1 is 1.05 bits per heavy atom. The Hall–Kier alpha value is -2.06. The summed E-state index contributed by atoms with van der Waals surface area (Å²) >= 11 is 5.92. The van der Waals surface area contributed by atoms with Gasteiger partial charge >= 0.3 is 0 Å². The number of hydrogen-bond donors (Lipinski definition) is 0. The van der Waals surface area contributed by atoms with Crippen molar-refractivity contribution in [2.45, 2.75) is 6.61 Å². The highest BCUT2D eigenvalue weighted by atomic mass is 35.5. The van der Waals surface area contributed by atoms with E-state index < -0.39 is 0 Å². The van der Waals surface area contributed by atoms with Crippen LogP contribution >= 0.6 is 11.6 Å². The summed E-state index contributed by atoms with van der Waals surface area (Å²) in [7, 11) is 0. The molecule has 0 fully saturated rings. The van der Waals surface area contributed by atoms with Gasteiger partial charge in [0, 0.05) is 0 Å². The van der Waals surface area contributed by atoms with E-state index in [0.29, 0.717) is 17.9 Å². The second kappa shape index (κ2) is 6.76. The van der Waals surface area contributed by atoms with Crippen LogP contribution in [0.15, 0.2) is 60.7 Å². The standard InChI is InChI=1S/C16H13ClO2/c17-16(10-11-18)14-6-8-15(9-7-14)19-12-13-4-2-1-3-5-13/h1-11H,12H2. The highest BCUT2D eigenvalue weighted by molar-refractivity contribution is 6.49. The van der Waals surface area contributed by atoms with E-state index in [2.05, 4.69) is 0 Å². The highest BCUT2D eigenvalue weighted by Gasteiger charge is 1.99. The number of ether oxygens (including phenoxy) is 1. The van der Waals surface area contributed by atoms with Crippen LogP contribution in [0.1, 0.15) is 11.1 Å². The number of hydrogen-bond acceptors (Lipinski definition) is 2. The van der Waals surface area contributed by atoms with Gasteiger partial charge in [0.25, 0.3) is 0 Å². The first kappa shape index (κ1) is 13.4. The van der Waals surface area contributed by atoms with Crippen molar-refractivity contribution in [3.63, 3.8) is 0 Å². The van der Waals surface area contributed by atoms with Gasteiger partial charge in [0.15, 0.2) is 0 Å². The fourth-order valence-electron chi connectivity index (χ4n) is 1.61. The quantitative estimate of drug-likeness (QED) is 0.606. The largest absolute Gasteiger partial charge is 0.489 e. The van der Waals surface area contributed by atoms with Crippen LogP contribution in [0.2, 0.25) is 0 Å². The molecule has 2 aromatic carbocycles. The molecule has 0 aliphatic heterocycles. The molecule has 0 spiro atoms. The second-order valence-corrected chi connectivity index (χ2v) is 4.36. The van der Waals surface area contributed by atoms with Crippen LogP contribution in [0.3, 0.4) is 0 Å². The normalized spacial score (nSPS) is 11.1. The fraction of sp³-hybridized carbons (Fsp3) is 0.0625. The molecule has 0 aliphatic carbocycles. The lowest BCUT2D eigenvalue weighted by Crippen LogP contribution is -1.94. The molecular formula is C16H13ClO2. The van der Waals surface area contributed by atoms with Crippen molar-refractivity contribution in [1.82, 2.24) is 0 Å². The zero-order valence-electron chi connectivity index (χ0n) is 10.3. The number of rotatable bonds is 5. The van der Waals surface area contributed by atoms with Crippen molar-refractivity contribution in [3.8, 4) is 5.75 Å². The van der Waals surface area contributed by atoms with Crippen molar-refractivity contribution < 1.29 is 9.53 Å². The van der Waals surface area contributed by atoms with E-state index in [1.807, 2.05) is 54.6 Å². The Bertz CT molecular complexity index is 559. The minimum Gasteiger partial charge on any atom is -0.489 e. The summed E-state index contributed by atoms with van der Waals surface area (Å²) in [6, 6.07) is 17.3. The molecule has 19 heavy (non-hydrogen) atoms. The average molecular weight is 273 g/mol. The van der Waals surface area contributed by atoms with Gasteiger partial charge < -0.3 is 4.74 Å². The molecule has 2 nitrogen and oxygen atoms in total. The third kappa shape index (κ3) is 3.97. The van der Waals surface area contributed by atoms with Crippen molar-refractivity contribution in [2.75, 3.05) is 0 Å². The number of benzene rings is 2. The van der Waals surface area contributed by atoms with E-state index in [1.165, 1.54) is 6.08 Å². The van der Waals surface area contributed by atoms with Crippen LogP contribution in [0.4, 0.5) is 0 Å². The predicted octanol–water partition coefficient (Wildman–Crippen LogP) is 4.04. The first-order valence-corrected chi connectivity index (χ1v) is 6.25. The van der Waals surface area contributed by atoms with E-state index in [4.69, 9.17) is 16.3 Å². The summed E-state index contributed by atoms with van der Waals surface area (Å²) in [5.74, 6) is 0.767. The van der Waals surface area contributed by atoms with Gasteiger partial charge in [0.2, 0.25) is 0 Å². The fourth-order valence-corrected chi connectivity index (χ4v) is 1.78. The van der Waals surface area contributed by atoms with Gasteiger partial charge in [0.05, 0.1) is 5.03 Å². The smallest absolute Gasteiger partial charge is 0.144 e. The summed E-state index contributed by atoms with van der Waals surface area (Å²) < 4.78 is 5.65.